The Bertz CT molecular complexity index is 535. The minimum atomic E-state index is -0.446. The third kappa shape index (κ3) is 4.79. The molecular weight excluding hydrogens is 557 g/mol. The number of benzene rings is 3. The Morgan fingerprint density at radius 3 is 0.905 bits per heavy atom. The number of rotatable bonds is 3. The molecule has 0 amide bonds. The molecule has 21 heavy (non-hydrogen) atoms. The molecule has 0 saturated carbocycles. The molecule has 0 heterocycles. The molecule has 3 radical (unpaired) electrons. The van der Waals surface area contributed by atoms with Crippen LogP contribution in [0.4, 0.5) is 0 Å². The van der Waals surface area contributed by atoms with Crippen molar-refractivity contribution < 1.29 is 19.5 Å². The molecule has 0 bridgehead atoms. The summed E-state index contributed by atoms with van der Waals surface area (Å²) in [5.74, 6) is 0. The molecule has 0 N–H and O–H groups in total. The Balaban J connectivity index is 0.00000110. The van der Waals surface area contributed by atoms with Gasteiger partial charge in [0.2, 0.25) is 0 Å². The summed E-state index contributed by atoms with van der Waals surface area (Å²) in [5.41, 5.74) is 0. The summed E-state index contributed by atoms with van der Waals surface area (Å²) in [4.78, 5) is 0. The van der Waals surface area contributed by atoms with Crippen molar-refractivity contribution in [3.8, 4) is 0 Å². The van der Waals surface area contributed by atoms with Gasteiger partial charge in [-0.15, -0.1) is 0 Å². The van der Waals surface area contributed by atoms with Gasteiger partial charge < -0.3 is 0 Å². The van der Waals surface area contributed by atoms with E-state index in [1.165, 1.54) is 15.9 Å². The predicted molar refractivity (Wildman–Crippen MR) is 90.9 cm³/mol. The van der Waals surface area contributed by atoms with Crippen LogP contribution in [0.15, 0.2) is 91.0 Å². The van der Waals surface area contributed by atoms with Crippen molar-refractivity contribution >= 4 is 50.0 Å². The van der Waals surface area contributed by atoms with E-state index in [0.29, 0.717) is 0 Å². The molecule has 0 saturated heterocycles. The quantitative estimate of drug-likeness (QED) is 0.335. The van der Waals surface area contributed by atoms with E-state index in [1.54, 1.807) is 0 Å². The van der Waals surface area contributed by atoms with Gasteiger partial charge in [0, 0.05) is 45.7 Å². The van der Waals surface area contributed by atoms with E-state index >= 15 is 0 Å². The van der Waals surface area contributed by atoms with Crippen molar-refractivity contribution in [2.24, 2.45) is 0 Å². The van der Waals surface area contributed by atoms with E-state index in [9.17, 15) is 0 Å². The van der Waals surface area contributed by atoms with Crippen molar-refractivity contribution in [2.45, 2.75) is 0 Å². The van der Waals surface area contributed by atoms with Gasteiger partial charge in [0.1, 0.15) is 0 Å². The van der Waals surface area contributed by atoms with Gasteiger partial charge in [-0.3, -0.25) is 0 Å². The van der Waals surface area contributed by atoms with E-state index < -0.39 is 7.92 Å². The van der Waals surface area contributed by atoms with Crippen LogP contribution in [0.1, 0.15) is 0 Å². The Morgan fingerprint density at radius 2 is 0.667 bits per heavy atom. The number of hydrogen-bond donors (Lipinski definition) is 0. The maximum absolute atomic E-state index is 2.23. The van der Waals surface area contributed by atoms with Crippen LogP contribution in [0.2, 0.25) is 0 Å². The van der Waals surface area contributed by atoms with Crippen LogP contribution >= 0.6 is 7.92 Å². The van der Waals surface area contributed by atoms with Gasteiger partial charge in [-0.2, -0.15) is 0 Å². The van der Waals surface area contributed by atoms with Gasteiger partial charge in [-0.25, -0.2) is 0 Å². The first kappa shape index (κ1) is 18.6. The molecule has 0 unspecified atom stereocenters. The monoisotopic (exact) mass is 573 g/mol. The first-order chi connectivity index (χ1) is 9.45. The maximum Gasteiger partial charge on any atom is 0 e. The van der Waals surface area contributed by atoms with Crippen LogP contribution in [0, 0.1) is 0 Å². The molecule has 0 aliphatic rings. The zero-order valence-electron chi connectivity index (χ0n) is 11.4. The largest absolute Gasteiger partial charge is 0.0622 e. The molecule has 3 rings (SSSR count). The van der Waals surface area contributed by atoms with Crippen molar-refractivity contribution in [2.75, 3.05) is 0 Å². The van der Waals surface area contributed by atoms with Crippen molar-refractivity contribution in [1.82, 2.24) is 0 Å². The second-order valence-corrected chi connectivity index (χ2v) is 6.56. The Hall–Kier alpha value is -0.404. The van der Waals surface area contributed by atoms with E-state index in [1.807, 2.05) is 0 Å². The van der Waals surface area contributed by atoms with Crippen LogP contribution in [0.3, 0.4) is 0 Å². The minimum absolute atomic E-state index is 0. The third-order valence-corrected chi connectivity index (χ3v) is 5.49. The summed E-state index contributed by atoms with van der Waals surface area (Å²) in [5, 5.41) is 4.19. The number of hydrogen-bond acceptors (Lipinski definition) is 0. The zero-order valence-corrected chi connectivity index (χ0v) is 17.5. The van der Waals surface area contributed by atoms with E-state index in [-0.39, 0.29) is 45.7 Å². The first-order valence-corrected chi connectivity index (χ1v) is 7.74. The fourth-order valence-electron chi connectivity index (χ4n) is 2.18. The van der Waals surface area contributed by atoms with Crippen LogP contribution in [0.25, 0.3) is 0 Å². The smallest absolute Gasteiger partial charge is 0 e. The second kappa shape index (κ2) is 9.58. The fourth-order valence-corrected chi connectivity index (χ4v) is 4.48. The van der Waals surface area contributed by atoms with Gasteiger partial charge in [-0.1, -0.05) is 91.0 Å². The molecule has 3 aromatic carbocycles. The summed E-state index contributed by atoms with van der Waals surface area (Å²) in [6.07, 6.45) is 0. The van der Waals surface area contributed by atoms with Crippen LogP contribution < -0.4 is 15.9 Å². The van der Waals surface area contributed by atoms with Crippen molar-refractivity contribution in [3.63, 3.8) is 0 Å². The molecule has 0 aromatic heterocycles. The SMILES string of the molecule is [Bi].[Ru].c1ccc(P(c2ccccc2)c2ccccc2)cc1. The molecule has 105 valence electrons. The second-order valence-electron chi connectivity index (χ2n) is 4.34. The zero-order chi connectivity index (χ0) is 12.9. The Labute approximate surface area is 159 Å². The van der Waals surface area contributed by atoms with Gasteiger partial charge in [-0.05, 0) is 23.8 Å². The molecule has 0 aliphatic carbocycles. The molecule has 0 aliphatic heterocycles. The van der Waals surface area contributed by atoms with E-state index in [4.69, 9.17) is 0 Å². The molecule has 3 heteroatoms. The van der Waals surface area contributed by atoms with Crippen molar-refractivity contribution in [1.29, 1.82) is 0 Å². The molecule has 0 fully saturated rings. The van der Waals surface area contributed by atoms with Gasteiger partial charge in [0.25, 0.3) is 0 Å². The molecule has 0 nitrogen and oxygen atoms in total. The summed E-state index contributed by atoms with van der Waals surface area (Å²) >= 11 is 0. The van der Waals surface area contributed by atoms with Gasteiger partial charge in [0.15, 0.2) is 0 Å². The van der Waals surface area contributed by atoms with Crippen molar-refractivity contribution in [3.05, 3.63) is 91.0 Å². The Kier molecular flexibility index (Phi) is 8.51. The fraction of sp³-hybridized carbons (Fsp3) is 0. The van der Waals surface area contributed by atoms with Crippen LogP contribution in [0.5, 0.6) is 0 Å². The molecule has 3 aromatic rings. The average molecular weight is 572 g/mol. The van der Waals surface area contributed by atoms with E-state index in [0.717, 1.165) is 0 Å². The topological polar surface area (TPSA) is 0 Å². The minimum Gasteiger partial charge on any atom is -0.0622 e. The maximum atomic E-state index is 2.23. The average Bonchev–Trinajstić information content (AvgIpc) is 2.51. The standard InChI is InChI=1S/C18H15P.Bi.Ru/c1-4-10-16(11-5-1)19(17-12-6-2-7-13-17)18-14-8-3-9-15-18;;/h1-15H;;. The Morgan fingerprint density at radius 1 is 0.429 bits per heavy atom. The molecule has 0 spiro atoms. The predicted octanol–water partition coefficient (Wildman–Crippen LogP) is 3.06. The third-order valence-electron chi connectivity index (χ3n) is 3.04. The summed E-state index contributed by atoms with van der Waals surface area (Å²) in [6, 6.07) is 32.3. The van der Waals surface area contributed by atoms with Gasteiger partial charge in [0.05, 0.1) is 0 Å². The van der Waals surface area contributed by atoms with Crippen LogP contribution in [-0.2, 0) is 19.5 Å². The summed E-state index contributed by atoms with van der Waals surface area (Å²) < 4.78 is 0. The van der Waals surface area contributed by atoms with Gasteiger partial charge >= 0.3 is 0 Å². The molecular formula is C18H15BiPRu. The van der Waals surface area contributed by atoms with Crippen LogP contribution in [-0.4, -0.2) is 26.2 Å². The summed E-state index contributed by atoms with van der Waals surface area (Å²) in [7, 11) is -0.446. The van der Waals surface area contributed by atoms with E-state index in [2.05, 4.69) is 91.0 Å². The molecule has 0 atom stereocenters. The first-order valence-electron chi connectivity index (χ1n) is 6.40. The summed E-state index contributed by atoms with van der Waals surface area (Å²) in [6.45, 7) is 0. The normalized spacial score (nSPS) is 9.57.